The van der Waals surface area contributed by atoms with Gasteiger partial charge in [-0.2, -0.15) is 5.26 Å². The lowest BCUT2D eigenvalue weighted by Crippen LogP contribution is -2.40. The number of hydrogen-bond acceptors (Lipinski definition) is 3. The van der Waals surface area contributed by atoms with E-state index in [9.17, 15) is 4.79 Å². The van der Waals surface area contributed by atoms with Crippen molar-refractivity contribution in [2.45, 2.75) is 25.4 Å². The highest BCUT2D eigenvalue weighted by atomic mass is 16.5. The third-order valence-corrected chi connectivity index (χ3v) is 2.84. The highest BCUT2D eigenvalue weighted by Gasteiger charge is 2.16. The predicted octanol–water partition coefficient (Wildman–Crippen LogP) is 0.655. The second kappa shape index (κ2) is 5.51. The minimum Gasteiger partial charge on any atom is -0.381 e. The summed E-state index contributed by atoms with van der Waals surface area (Å²) in [4.78, 5) is 11.8. The molecule has 1 aliphatic heterocycles. The van der Waals surface area contributed by atoms with Crippen LogP contribution in [0.3, 0.4) is 0 Å². The van der Waals surface area contributed by atoms with Crippen LogP contribution in [0.2, 0.25) is 0 Å². The van der Waals surface area contributed by atoms with Crippen molar-refractivity contribution in [1.29, 1.82) is 5.26 Å². The highest BCUT2D eigenvalue weighted by molar-refractivity contribution is 5.76. The first-order valence-corrected chi connectivity index (χ1v) is 5.72. The summed E-state index contributed by atoms with van der Waals surface area (Å²) in [5.74, 6) is -0.0513. The zero-order valence-corrected chi connectivity index (χ0v) is 9.56. The molecular formula is C12H15N3O2. The van der Waals surface area contributed by atoms with Gasteiger partial charge in [0.2, 0.25) is 5.91 Å². The summed E-state index contributed by atoms with van der Waals surface area (Å²) >= 11 is 0. The van der Waals surface area contributed by atoms with Crippen LogP contribution in [-0.2, 0) is 16.1 Å². The summed E-state index contributed by atoms with van der Waals surface area (Å²) < 4.78 is 6.87. The molecule has 5 nitrogen and oxygen atoms in total. The molecule has 0 bridgehead atoms. The van der Waals surface area contributed by atoms with Gasteiger partial charge in [-0.05, 0) is 25.0 Å². The predicted molar refractivity (Wildman–Crippen MR) is 61.1 cm³/mol. The Bertz CT molecular complexity index is 427. The maximum atomic E-state index is 11.8. The molecule has 5 heteroatoms. The van der Waals surface area contributed by atoms with Gasteiger partial charge in [0.05, 0.1) is 0 Å². The third kappa shape index (κ3) is 3.08. The van der Waals surface area contributed by atoms with Crippen molar-refractivity contribution in [3.8, 4) is 6.07 Å². The summed E-state index contributed by atoms with van der Waals surface area (Å²) in [5, 5.41) is 11.8. The van der Waals surface area contributed by atoms with Gasteiger partial charge in [0.25, 0.3) is 0 Å². The van der Waals surface area contributed by atoms with Crippen molar-refractivity contribution in [3.05, 3.63) is 24.0 Å². The van der Waals surface area contributed by atoms with E-state index in [1.807, 2.05) is 6.07 Å². The summed E-state index contributed by atoms with van der Waals surface area (Å²) in [5.41, 5.74) is 0.507. The fourth-order valence-corrected chi connectivity index (χ4v) is 1.92. The van der Waals surface area contributed by atoms with Crippen molar-refractivity contribution in [3.63, 3.8) is 0 Å². The van der Waals surface area contributed by atoms with E-state index < -0.39 is 0 Å². The van der Waals surface area contributed by atoms with Crippen LogP contribution in [0.15, 0.2) is 18.3 Å². The van der Waals surface area contributed by atoms with Crippen LogP contribution in [0.5, 0.6) is 0 Å². The van der Waals surface area contributed by atoms with E-state index in [1.54, 1.807) is 22.9 Å². The first-order chi connectivity index (χ1) is 8.29. The van der Waals surface area contributed by atoms with Crippen molar-refractivity contribution in [1.82, 2.24) is 9.88 Å². The van der Waals surface area contributed by atoms with Crippen molar-refractivity contribution < 1.29 is 9.53 Å². The Balaban J connectivity index is 1.87. The van der Waals surface area contributed by atoms with Crippen LogP contribution in [0.4, 0.5) is 0 Å². The molecule has 2 rings (SSSR count). The van der Waals surface area contributed by atoms with Gasteiger partial charge >= 0.3 is 0 Å². The molecule has 1 N–H and O–H groups in total. The SMILES string of the molecule is N#Cc1cccn1CC(=O)NC1CCOCC1. The molecule has 1 amide bonds. The molecule has 1 aromatic rings. The molecule has 2 heterocycles. The van der Waals surface area contributed by atoms with Gasteiger partial charge in [-0.3, -0.25) is 4.79 Å². The fourth-order valence-electron chi connectivity index (χ4n) is 1.92. The molecule has 1 aliphatic rings. The van der Waals surface area contributed by atoms with Crippen molar-refractivity contribution in [2.24, 2.45) is 0 Å². The number of rotatable bonds is 3. The molecule has 1 aromatic heterocycles. The van der Waals surface area contributed by atoms with E-state index >= 15 is 0 Å². The lowest BCUT2D eigenvalue weighted by molar-refractivity contribution is -0.122. The van der Waals surface area contributed by atoms with Crippen LogP contribution < -0.4 is 5.32 Å². The molecule has 1 fully saturated rings. The third-order valence-electron chi connectivity index (χ3n) is 2.84. The Labute approximate surface area is 100.0 Å². The van der Waals surface area contributed by atoms with E-state index in [4.69, 9.17) is 10.00 Å². The molecule has 0 saturated carbocycles. The van der Waals surface area contributed by atoms with Crippen molar-refractivity contribution >= 4 is 5.91 Å². The highest BCUT2D eigenvalue weighted by Crippen LogP contribution is 2.06. The zero-order valence-electron chi connectivity index (χ0n) is 9.56. The normalized spacial score (nSPS) is 16.4. The minimum atomic E-state index is -0.0513. The molecule has 0 aromatic carbocycles. The van der Waals surface area contributed by atoms with Gasteiger partial charge in [-0.1, -0.05) is 0 Å². The fraction of sp³-hybridized carbons (Fsp3) is 0.500. The largest absolute Gasteiger partial charge is 0.381 e. The summed E-state index contributed by atoms with van der Waals surface area (Å²) in [6, 6.07) is 5.71. The topological polar surface area (TPSA) is 67.0 Å². The van der Waals surface area contributed by atoms with Crippen LogP contribution in [0.25, 0.3) is 0 Å². The Morgan fingerprint density at radius 2 is 2.35 bits per heavy atom. The van der Waals surface area contributed by atoms with Crippen LogP contribution in [0.1, 0.15) is 18.5 Å². The van der Waals surface area contributed by atoms with Crippen LogP contribution in [0, 0.1) is 11.3 Å². The lowest BCUT2D eigenvalue weighted by atomic mass is 10.1. The number of nitriles is 1. The van der Waals surface area contributed by atoms with Gasteiger partial charge in [-0.25, -0.2) is 0 Å². The second-order valence-corrected chi connectivity index (χ2v) is 4.09. The molecule has 1 saturated heterocycles. The number of carbonyl (C=O) groups is 1. The smallest absolute Gasteiger partial charge is 0.240 e. The molecule has 0 aliphatic carbocycles. The molecule has 0 spiro atoms. The lowest BCUT2D eigenvalue weighted by Gasteiger charge is -2.23. The maximum absolute atomic E-state index is 11.8. The minimum absolute atomic E-state index is 0.0513. The number of nitrogens with zero attached hydrogens (tertiary/aromatic N) is 2. The van der Waals surface area contributed by atoms with Gasteiger partial charge < -0.3 is 14.6 Å². The summed E-state index contributed by atoms with van der Waals surface area (Å²) in [6.07, 6.45) is 3.47. The number of nitrogens with one attached hydrogen (secondary N) is 1. The monoisotopic (exact) mass is 233 g/mol. The maximum Gasteiger partial charge on any atom is 0.240 e. The standard InChI is InChI=1S/C12H15N3O2/c13-8-11-2-1-5-15(11)9-12(16)14-10-3-6-17-7-4-10/h1-2,5,10H,3-4,6-7,9H2,(H,14,16). The van der Waals surface area contributed by atoms with Crippen LogP contribution >= 0.6 is 0 Å². The van der Waals surface area contributed by atoms with Gasteiger partial charge in [0.1, 0.15) is 18.3 Å². The summed E-state index contributed by atoms with van der Waals surface area (Å²) in [6.45, 7) is 1.61. The number of ether oxygens (including phenoxy) is 1. The molecule has 17 heavy (non-hydrogen) atoms. The Kier molecular flexibility index (Phi) is 3.78. The van der Waals surface area contributed by atoms with E-state index in [1.165, 1.54) is 0 Å². The molecule has 90 valence electrons. The molecule has 0 unspecified atom stereocenters. The molecule has 0 radical (unpaired) electrons. The van der Waals surface area contributed by atoms with Gasteiger partial charge in [0, 0.05) is 25.5 Å². The quantitative estimate of drug-likeness (QED) is 0.833. The Hall–Kier alpha value is -1.80. The second-order valence-electron chi connectivity index (χ2n) is 4.09. The number of aromatic nitrogens is 1. The Morgan fingerprint density at radius 1 is 1.59 bits per heavy atom. The van der Waals surface area contributed by atoms with E-state index in [-0.39, 0.29) is 18.5 Å². The number of hydrogen-bond donors (Lipinski definition) is 1. The van der Waals surface area contributed by atoms with Gasteiger partial charge in [-0.15, -0.1) is 0 Å². The van der Waals surface area contributed by atoms with Crippen molar-refractivity contribution in [2.75, 3.05) is 13.2 Å². The number of carbonyl (C=O) groups excluding carboxylic acids is 1. The molecule has 0 atom stereocenters. The Morgan fingerprint density at radius 3 is 3.06 bits per heavy atom. The van der Waals surface area contributed by atoms with Gasteiger partial charge in [0.15, 0.2) is 0 Å². The van der Waals surface area contributed by atoms with E-state index in [0.717, 1.165) is 12.8 Å². The number of amides is 1. The zero-order chi connectivity index (χ0) is 12.1. The average molecular weight is 233 g/mol. The van der Waals surface area contributed by atoms with Crippen LogP contribution in [-0.4, -0.2) is 29.7 Å². The molecular weight excluding hydrogens is 218 g/mol. The van der Waals surface area contributed by atoms with E-state index in [2.05, 4.69) is 5.32 Å². The first kappa shape index (κ1) is 11.7. The first-order valence-electron chi connectivity index (χ1n) is 5.72. The van der Waals surface area contributed by atoms with E-state index in [0.29, 0.717) is 18.9 Å². The summed E-state index contributed by atoms with van der Waals surface area (Å²) in [7, 11) is 0. The average Bonchev–Trinajstić information content (AvgIpc) is 2.77.